The van der Waals surface area contributed by atoms with Crippen LogP contribution in [0, 0.1) is 0 Å². The molecule has 1 aliphatic rings. The Morgan fingerprint density at radius 2 is 1.73 bits per heavy atom. The Balaban J connectivity index is 1.82. The average Bonchev–Trinajstić information content (AvgIpc) is 2.50. The van der Waals surface area contributed by atoms with Gasteiger partial charge in [-0.15, -0.1) is 0 Å². The molecule has 0 heterocycles. The first-order valence-corrected chi connectivity index (χ1v) is 7.90. The van der Waals surface area contributed by atoms with Gasteiger partial charge >= 0.3 is 5.97 Å². The number of hydrogen-bond acceptors (Lipinski definition) is 3. The number of aliphatic carboxylic acids is 1. The van der Waals surface area contributed by atoms with Gasteiger partial charge in [0.1, 0.15) is 6.04 Å². The summed E-state index contributed by atoms with van der Waals surface area (Å²) in [5, 5.41) is 11.9. The molecule has 0 radical (unpaired) electrons. The lowest BCUT2D eigenvalue weighted by Crippen LogP contribution is -2.37. The molecule has 0 spiro atoms. The number of hydrogen-bond donors (Lipinski definition) is 3. The van der Waals surface area contributed by atoms with E-state index in [4.69, 9.17) is 10.8 Å². The summed E-state index contributed by atoms with van der Waals surface area (Å²) >= 11 is 0. The second kappa shape index (κ2) is 7.94. The summed E-state index contributed by atoms with van der Waals surface area (Å²) in [5.41, 5.74) is 7.31. The molecular weight excluding hydrogens is 280 g/mol. The SMILES string of the molecule is N[C@@H](Cc1ccc(CC(=O)NC2CCCCC2)cc1)C(=O)O. The third kappa shape index (κ3) is 5.15. The van der Waals surface area contributed by atoms with E-state index in [-0.39, 0.29) is 5.91 Å². The first-order chi connectivity index (χ1) is 10.5. The molecule has 0 aromatic heterocycles. The minimum atomic E-state index is -1.00. The molecule has 1 atom stereocenters. The van der Waals surface area contributed by atoms with Crippen molar-refractivity contribution in [3.05, 3.63) is 35.4 Å². The summed E-state index contributed by atoms with van der Waals surface area (Å²) in [6, 6.07) is 6.85. The van der Waals surface area contributed by atoms with E-state index in [1.165, 1.54) is 19.3 Å². The number of carboxylic acid groups (broad SMARTS) is 1. The van der Waals surface area contributed by atoms with Gasteiger partial charge in [-0.05, 0) is 30.4 Å². The van der Waals surface area contributed by atoms with Crippen LogP contribution in [-0.2, 0) is 22.4 Å². The summed E-state index contributed by atoms with van der Waals surface area (Å²) < 4.78 is 0. The third-order valence-corrected chi connectivity index (χ3v) is 4.13. The molecule has 5 heteroatoms. The Hall–Kier alpha value is -1.88. The van der Waals surface area contributed by atoms with Crippen molar-refractivity contribution in [2.45, 2.75) is 57.0 Å². The van der Waals surface area contributed by atoms with Gasteiger partial charge in [-0.25, -0.2) is 0 Å². The molecule has 1 saturated carbocycles. The molecule has 1 aliphatic carbocycles. The highest BCUT2D eigenvalue weighted by Crippen LogP contribution is 2.17. The maximum atomic E-state index is 12.0. The minimum Gasteiger partial charge on any atom is -0.480 e. The average molecular weight is 304 g/mol. The lowest BCUT2D eigenvalue weighted by atomic mass is 9.95. The lowest BCUT2D eigenvalue weighted by Gasteiger charge is -2.22. The van der Waals surface area contributed by atoms with Crippen LogP contribution in [0.25, 0.3) is 0 Å². The number of carbonyl (C=O) groups excluding carboxylic acids is 1. The number of nitrogens with one attached hydrogen (secondary N) is 1. The summed E-state index contributed by atoms with van der Waals surface area (Å²) in [4.78, 5) is 22.8. The number of carbonyl (C=O) groups is 2. The quantitative estimate of drug-likeness (QED) is 0.745. The van der Waals surface area contributed by atoms with Gasteiger partial charge < -0.3 is 16.2 Å². The molecule has 1 aromatic rings. The van der Waals surface area contributed by atoms with Gasteiger partial charge in [0.05, 0.1) is 6.42 Å². The van der Waals surface area contributed by atoms with Crippen molar-refractivity contribution in [3.63, 3.8) is 0 Å². The zero-order valence-corrected chi connectivity index (χ0v) is 12.8. The molecule has 2 rings (SSSR count). The Morgan fingerprint density at radius 3 is 2.32 bits per heavy atom. The van der Waals surface area contributed by atoms with Crippen LogP contribution in [0.3, 0.4) is 0 Å². The van der Waals surface area contributed by atoms with Gasteiger partial charge in [-0.3, -0.25) is 9.59 Å². The van der Waals surface area contributed by atoms with Crippen molar-refractivity contribution >= 4 is 11.9 Å². The van der Waals surface area contributed by atoms with Crippen molar-refractivity contribution in [2.24, 2.45) is 5.73 Å². The highest BCUT2D eigenvalue weighted by molar-refractivity contribution is 5.78. The van der Waals surface area contributed by atoms with E-state index in [9.17, 15) is 9.59 Å². The monoisotopic (exact) mass is 304 g/mol. The fraction of sp³-hybridized carbons (Fsp3) is 0.529. The van der Waals surface area contributed by atoms with Crippen molar-refractivity contribution in [1.82, 2.24) is 5.32 Å². The zero-order valence-electron chi connectivity index (χ0n) is 12.8. The number of carboxylic acids is 1. The molecule has 0 aliphatic heterocycles. The van der Waals surface area contributed by atoms with Gasteiger partial charge in [0.25, 0.3) is 0 Å². The smallest absolute Gasteiger partial charge is 0.320 e. The van der Waals surface area contributed by atoms with Gasteiger partial charge in [-0.2, -0.15) is 0 Å². The van der Waals surface area contributed by atoms with Gasteiger partial charge in [0.2, 0.25) is 5.91 Å². The number of benzene rings is 1. The van der Waals surface area contributed by atoms with Crippen LogP contribution in [-0.4, -0.2) is 29.1 Å². The highest BCUT2D eigenvalue weighted by Gasteiger charge is 2.16. The molecule has 1 aromatic carbocycles. The van der Waals surface area contributed by atoms with E-state index in [0.717, 1.165) is 24.0 Å². The highest BCUT2D eigenvalue weighted by atomic mass is 16.4. The summed E-state index contributed by atoms with van der Waals surface area (Å²) in [6.07, 6.45) is 6.49. The summed E-state index contributed by atoms with van der Waals surface area (Å²) in [5.74, 6) is -0.946. The Labute approximate surface area is 130 Å². The van der Waals surface area contributed by atoms with E-state index in [1.54, 1.807) is 0 Å². The number of amides is 1. The van der Waals surface area contributed by atoms with Crippen LogP contribution in [0.4, 0.5) is 0 Å². The molecule has 1 amide bonds. The molecule has 0 bridgehead atoms. The van der Waals surface area contributed by atoms with Crippen LogP contribution >= 0.6 is 0 Å². The Kier molecular flexibility index (Phi) is 5.95. The normalized spacial score (nSPS) is 17.0. The van der Waals surface area contributed by atoms with Gasteiger partial charge in [-0.1, -0.05) is 43.5 Å². The molecule has 1 fully saturated rings. The van der Waals surface area contributed by atoms with Crippen LogP contribution in [0.15, 0.2) is 24.3 Å². The number of rotatable bonds is 6. The van der Waals surface area contributed by atoms with Crippen molar-refractivity contribution in [1.29, 1.82) is 0 Å². The van der Waals surface area contributed by atoms with Crippen LogP contribution in [0.2, 0.25) is 0 Å². The largest absolute Gasteiger partial charge is 0.480 e. The van der Waals surface area contributed by atoms with Crippen LogP contribution in [0.5, 0.6) is 0 Å². The standard InChI is InChI=1S/C17H24N2O3/c18-15(17(21)22)10-12-6-8-13(9-7-12)11-16(20)19-14-4-2-1-3-5-14/h6-9,14-15H,1-5,10-11,18H2,(H,19,20)(H,21,22)/t15-/m0/s1. The third-order valence-electron chi connectivity index (χ3n) is 4.13. The Bertz CT molecular complexity index is 507. The molecule has 4 N–H and O–H groups in total. The van der Waals surface area contributed by atoms with Crippen molar-refractivity contribution in [2.75, 3.05) is 0 Å². The van der Waals surface area contributed by atoms with Crippen LogP contribution < -0.4 is 11.1 Å². The second-order valence-electron chi connectivity index (χ2n) is 6.04. The van der Waals surface area contributed by atoms with E-state index in [0.29, 0.717) is 18.9 Å². The molecule has 0 saturated heterocycles. The van der Waals surface area contributed by atoms with Crippen LogP contribution in [0.1, 0.15) is 43.2 Å². The molecular formula is C17H24N2O3. The molecule has 120 valence electrons. The van der Waals surface area contributed by atoms with Crippen molar-refractivity contribution < 1.29 is 14.7 Å². The fourth-order valence-electron chi connectivity index (χ4n) is 2.85. The maximum absolute atomic E-state index is 12.0. The second-order valence-corrected chi connectivity index (χ2v) is 6.04. The number of nitrogens with two attached hydrogens (primary N) is 1. The molecule has 0 unspecified atom stereocenters. The van der Waals surface area contributed by atoms with E-state index in [1.807, 2.05) is 24.3 Å². The Morgan fingerprint density at radius 1 is 1.14 bits per heavy atom. The predicted octanol–water partition coefficient (Wildman–Crippen LogP) is 1.63. The first-order valence-electron chi connectivity index (χ1n) is 7.90. The van der Waals surface area contributed by atoms with E-state index < -0.39 is 12.0 Å². The summed E-state index contributed by atoms with van der Waals surface area (Å²) in [7, 11) is 0. The zero-order chi connectivity index (χ0) is 15.9. The fourth-order valence-corrected chi connectivity index (χ4v) is 2.85. The minimum absolute atomic E-state index is 0.0573. The van der Waals surface area contributed by atoms with E-state index in [2.05, 4.69) is 5.32 Å². The topological polar surface area (TPSA) is 92.4 Å². The molecule has 22 heavy (non-hydrogen) atoms. The summed E-state index contributed by atoms with van der Waals surface area (Å²) in [6.45, 7) is 0. The maximum Gasteiger partial charge on any atom is 0.320 e. The lowest BCUT2D eigenvalue weighted by molar-refractivity contribution is -0.138. The van der Waals surface area contributed by atoms with Gasteiger partial charge in [0, 0.05) is 6.04 Å². The van der Waals surface area contributed by atoms with Crippen molar-refractivity contribution in [3.8, 4) is 0 Å². The molecule has 5 nitrogen and oxygen atoms in total. The van der Waals surface area contributed by atoms with Gasteiger partial charge in [0.15, 0.2) is 0 Å². The first kappa shape index (κ1) is 16.5. The predicted molar refractivity (Wildman–Crippen MR) is 84.5 cm³/mol. The van der Waals surface area contributed by atoms with E-state index >= 15 is 0 Å².